The lowest BCUT2D eigenvalue weighted by molar-refractivity contribution is -0.121. The van der Waals surface area contributed by atoms with Gasteiger partial charge in [0.15, 0.2) is 0 Å². The first-order valence-electron chi connectivity index (χ1n) is 17.2. The first-order chi connectivity index (χ1) is 23.7. The minimum Gasteiger partial charge on any atom is -0.373 e. The van der Waals surface area contributed by atoms with Crippen molar-refractivity contribution >= 4 is 37.1 Å². The molecule has 3 aromatic rings. The van der Waals surface area contributed by atoms with E-state index in [-0.39, 0.29) is 5.91 Å². The minimum atomic E-state index is 0.148. The maximum atomic E-state index is 11.3. The largest absolute Gasteiger partial charge is 0.373 e. The Hall–Kier alpha value is -4.30. The molecule has 0 bridgehead atoms. The first-order valence-corrected chi connectivity index (χ1v) is 17.2. The van der Waals surface area contributed by atoms with E-state index in [4.69, 9.17) is 9.59 Å². The fourth-order valence-electron chi connectivity index (χ4n) is 5.63. The Morgan fingerprint density at radius 2 is 1.41 bits per heavy atom. The van der Waals surface area contributed by atoms with Crippen molar-refractivity contribution in [1.82, 2.24) is 10.6 Å². The van der Waals surface area contributed by atoms with Crippen LogP contribution in [-0.4, -0.2) is 66.5 Å². The average Bonchev–Trinajstić information content (AvgIpc) is 3.15. The third-order valence-electron chi connectivity index (χ3n) is 8.48. The van der Waals surface area contributed by atoms with E-state index in [1.165, 1.54) is 48.9 Å². The van der Waals surface area contributed by atoms with Crippen molar-refractivity contribution in [2.75, 3.05) is 44.5 Å². The summed E-state index contributed by atoms with van der Waals surface area (Å²) in [7, 11) is 7.87. The number of hydrogen-bond acceptors (Lipinski definition) is 7. The second kappa shape index (κ2) is 27.6. The third-order valence-corrected chi connectivity index (χ3v) is 8.48. The van der Waals surface area contributed by atoms with Crippen LogP contribution in [0.4, 0.5) is 11.4 Å². The van der Waals surface area contributed by atoms with Crippen LogP contribution in [0.5, 0.6) is 0 Å². The second-order valence-corrected chi connectivity index (χ2v) is 12.6. The van der Waals surface area contributed by atoms with Crippen LogP contribution in [0.2, 0.25) is 0 Å². The van der Waals surface area contributed by atoms with Crippen LogP contribution in [-0.2, 0) is 20.9 Å². The van der Waals surface area contributed by atoms with Gasteiger partial charge >= 0.3 is 0 Å². The lowest BCUT2D eigenvalue weighted by Crippen LogP contribution is -2.39. The summed E-state index contributed by atoms with van der Waals surface area (Å²) >= 11 is 0. The molecule has 0 saturated heterocycles. The lowest BCUT2D eigenvalue weighted by Gasteiger charge is -2.29. The van der Waals surface area contributed by atoms with Gasteiger partial charge in [-0.15, -0.1) is 0 Å². The summed E-state index contributed by atoms with van der Waals surface area (Å²) in [4.78, 5) is 43.0. The van der Waals surface area contributed by atoms with Crippen molar-refractivity contribution in [3.05, 3.63) is 95.6 Å². The Labute approximate surface area is 296 Å². The minimum absolute atomic E-state index is 0.148. The van der Waals surface area contributed by atoms with Crippen LogP contribution in [0.25, 0.3) is 0 Å². The lowest BCUT2D eigenvalue weighted by atomic mass is 9.82. The van der Waals surface area contributed by atoms with E-state index < -0.39 is 0 Å². The highest BCUT2D eigenvalue weighted by Crippen LogP contribution is 2.31. The Morgan fingerprint density at radius 3 is 1.88 bits per heavy atom. The molecule has 1 unspecified atom stereocenters. The van der Waals surface area contributed by atoms with Gasteiger partial charge in [-0.2, -0.15) is 0 Å². The van der Waals surface area contributed by atoms with Gasteiger partial charge in [0.25, 0.3) is 0 Å². The number of carbonyl (C=O) groups excluding carboxylic acids is 4. The SMILES string of the molecule is C=O.C=O.CC(C)CCN(C)c1ccc(C=O)cc1N(C)Cc1ccccc1.CNC(=O)CC(NC)C1CCCCC1.Cc1ccccc1. The second-order valence-electron chi connectivity index (χ2n) is 12.6. The quantitative estimate of drug-likeness (QED) is 0.192. The van der Waals surface area contributed by atoms with E-state index in [1.807, 2.05) is 57.0 Å². The van der Waals surface area contributed by atoms with Crippen LogP contribution in [0.3, 0.4) is 0 Å². The van der Waals surface area contributed by atoms with E-state index >= 15 is 0 Å². The number of anilines is 2. The Balaban J connectivity index is 0.000000772. The van der Waals surface area contributed by atoms with Crippen molar-refractivity contribution in [3.63, 3.8) is 0 Å². The zero-order valence-corrected chi connectivity index (χ0v) is 31.1. The molecular formula is C41H62N4O4. The molecule has 0 heterocycles. The standard InChI is InChI=1S/C21H28N2O.C11H22N2O.C7H8.2CH2O/c1-17(2)12-13-22(3)20-11-10-19(16-24)14-21(20)23(4)15-18-8-6-5-7-9-18;1-12-10(8-11(14)13-2)9-6-4-3-5-7-9;1-7-5-3-2-4-6-7;2*1-2/h5-11,14,16-17H,12-13,15H2,1-4H3;9-10,12H,3-8H2,1-2H3,(H,13,14);2-6H,1H3;2*1H2. The van der Waals surface area contributed by atoms with Gasteiger partial charge in [0.05, 0.1) is 11.4 Å². The van der Waals surface area contributed by atoms with Crippen molar-refractivity contribution in [3.8, 4) is 0 Å². The zero-order chi connectivity index (χ0) is 37.0. The number of hydrogen-bond donors (Lipinski definition) is 2. The molecule has 1 amide bonds. The van der Waals surface area contributed by atoms with E-state index in [1.54, 1.807) is 7.05 Å². The van der Waals surface area contributed by atoms with E-state index in [9.17, 15) is 9.59 Å². The number of nitrogens with one attached hydrogen (secondary N) is 2. The highest BCUT2D eigenvalue weighted by Gasteiger charge is 2.23. The molecule has 8 heteroatoms. The summed E-state index contributed by atoms with van der Waals surface area (Å²) in [6, 6.07) is 27.0. The van der Waals surface area contributed by atoms with Crippen LogP contribution >= 0.6 is 0 Å². The Kier molecular flexibility index (Phi) is 25.2. The van der Waals surface area contributed by atoms with Gasteiger partial charge in [-0.1, -0.05) is 99.3 Å². The van der Waals surface area contributed by atoms with Crippen molar-refractivity contribution in [2.45, 2.75) is 78.3 Å². The van der Waals surface area contributed by atoms with E-state index in [0.717, 1.165) is 31.5 Å². The fraction of sp³-hybridized carbons (Fsp3) is 0.463. The third kappa shape index (κ3) is 18.7. The molecule has 1 aliphatic carbocycles. The summed E-state index contributed by atoms with van der Waals surface area (Å²) < 4.78 is 0. The van der Waals surface area contributed by atoms with Crippen molar-refractivity contribution < 1.29 is 19.2 Å². The summed E-state index contributed by atoms with van der Waals surface area (Å²) in [6.45, 7) is 12.4. The summed E-state index contributed by atoms with van der Waals surface area (Å²) in [5.41, 5.74) is 5.55. The molecule has 0 radical (unpaired) electrons. The predicted octanol–water partition coefficient (Wildman–Crippen LogP) is 7.53. The number of carbonyl (C=O) groups is 4. The number of nitrogens with zero attached hydrogens (tertiary/aromatic N) is 2. The number of rotatable bonds is 12. The molecule has 8 nitrogen and oxygen atoms in total. The van der Waals surface area contributed by atoms with Gasteiger partial charge in [-0.25, -0.2) is 0 Å². The Bertz CT molecular complexity index is 1270. The molecule has 1 aliphatic rings. The Morgan fingerprint density at radius 1 is 0.837 bits per heavy atom. The molecule has 2 N–H and O–H groups in total. The van der Waals surface area contributed by atoms with E-state index in [0.29, 0.717) is 29.9 Å². The fourth-order valence-corrected chi connectivity index (χ4v) is 5.63. The van der Waals surface area contributed by atoms with Crippen LogP contribution < -0.4 is 20.4 Å². The van der Waals surface area contributed by atoms with Crippen molar-refractivity contribution in [2.24, 2.45) is 11.8 Å². The normalized spacial score (nSPS) is 12.5. The molecule has 1 atom stereocenters. The molecule has 0 spiro atoms. The average molecular weight is 675 g/mol. The van der Waals surface area contributed by atoms with Crippen molar-refractivity contribution in [1.29, 1.82) is 0 Å². The molecule has 1 fully saturated rings. The molecular weight excluding hydrogens is 612 g/mol. The van der Waals surface area contributed by atoms with Gasteiger partial charge in [-0.05, 0) is 68.8 Å². The highest BCUT2D eigenvalue weighted by molar-refractivity contribution is 5.82. The summed E-state index contributed by atoms with van der Waals surface area (Å²) in [5, 5.41) is 5.97. The number of aldehydes is 1. The topological polar surface area (TPSA) is 98.8 Å². The zero-order valence-electron chi connectivity index (χ0n) is 31.1. The molecule has 0 aromatic heterocycles. The van der Waals surface area contributed by atoms with E-state index in [2.05, 4.69) is 97.8 Å². The molecule has 3 aromatic carbocycles. The summed E-state index contributed by atoms with van der Waals surface area (Å²) in [5.74, 6) is 1.52. The van der Waals surface area contributed by atoms with Gasteiger partial charge in [-0.3, -0.25) is 9.59 Å². The monoisotopic (exact) mass is 674 g/mol. The smallest absolute Gasteiger partial charge is 0.221 e. The number of aryl methyl sites for hydroxylation is 1. The van der Waals surface area contributed by atoms with Crippen LogP contribution in [0.1, 0.15) is 80.3 Å². The van der Waals surface area contributed by atoms with Gasteiger partial charge in [0.1, 0.15) is 19.9 Å². The highest BCUT2D eigenvalue weighted by atomic mass is 16.1. The maximum absolute atomic E-state index is 11.3. The maximum Gasteiger partial charge on any atom is 0.221 e. The molecule has 1 saturated carbocycles. The summed E-state index contributed by atoms with van der Waals surface area (Å²) in [6.07, 6.45) is 9.27. The number of benzene rings is 3. The van der Waals surface area contributed by atoms with Gasteiger partial charge in [0.2, 0.25) is 5.91 Å². The van der Waals surface area contributed by atoms with Gasteiger partial charge < -0.3 is 30.0 Å². The predicted molar refractivity (Wildman–Crippen MR) is 207 cm³/mol. The molecule has 270 valence electrons. The molecule has 49 heavy (non-hydrogen) atoms. The first kappa shape index (κ1) is 44.7. The molecule has 0 aliphatic heterocycles. The number of amides is 1. The molecule has 4 rings (SSSR count). The van der Waals surface area contributed by atoms with Crippen LogP contribution in [0, 0.1) is 18.8 Å². The van der Waals surface area contributed by atoms with Gasteiger partial charge in [0, 0.05) is 52.3 Å². The van der Waals surface area contributed by atoms with Crippen LogP contribution in [0.15, 0.2) is 78.9 Å².